The maximum absolute atomic E-state index is 12.4. The van der Waals surface area contributed by atoms with Gasteiger partial charge in [0.15, 0.2) is 5.69 Å². The lowest BCUT2D eigenvalue weighted by molar-refractivity contribution is -0.130. The fourth-order valence-electron chi connectivity index (χ4n) is 2.35. The van der Waals surface area contributed by atoms with Crippen LogP contribution in [0, 0.1) is 0 Å². The Morgan fingerprint density at radius 2 is 1.96 bits per heavy atom. The number of aromatic nitrogens is 1. The standard InChI is InChI=1S/C17H19N3O3/c1-20(2)17(22)15(12-6-4-3-5-7-12)18-16(21)13-10-14(23-19-13)11-8-9-11/h3-7,10-11,15H,8-9H2,1-2H3,(H,18,21). The molecule has 1 saturated carbocycles. The zero-order valence-corrected chi connectivity index (χ0v) is 13.2. The third-order valence-corrected chi connectivity index (χ3v) is 3.84. The van der Waals surface area contributed by atoms with Gasteiger partial charge in [-0.1, -0.05) is 35.5 Å². The summed E-state index contributed by atoms with van der Waals surface area (Å²) in [5.74, 6) is 0.517. The van der Waals surface area contributed by atoms with E-state index >= 15 is 0 Å². The number of carbonyl (C=O) groups excluding carboxylic acids is 2. The molecular formula is C17H19N3O3. The first-order valence-corrected chi connectivity index (χ1v) is 7.60. The van der Waals surface area contributed by atoms with Crippen molar-refractivity contribution >= 4 is 11.8 Å². The molecule has 1 N–H and O–H groups in total. The van der Waals surface area contributed by atoms with Crippen molar-refractivity contribution in [3.63, 3.8) is 0 Å². The van der Waals surface area contributed by atoms with Crippen LogP contribution < -0.4 is 5.32 Å². The molecule has 23 heavy (non-hydrogen) atoms. The van der Waals surface area contributed by atoms with Gasteiger partial charge in [-0.2, -0.15) is 0 Å². The normalized spacial score (nSPS) is 15.0. The molecule has 2 amide bonds. The minimum Gasteiger partial charge on any atom is -0.360 e. The molecule has 0 aliphatic heterocycles. The van der Waals surface area contributed by atoms with E-state index in [4.69, 9.17) is 4.52 Å². The summed E-state index contributed by atoms with van der Waals surface area (Å²) in [6, 6.07) is 10.1. The summed E-state index contributed by atoms with van der Waals surface area (Å²) < 4.78 is 5.20. The molecule has 2 aromatic rings. The van der Waals surface area contributed by atoms with Crippen LogP contribution in [0.3, 0.4) is 0 Å². The highest BCUT2D eigenvalue weighted by atomic mass is 16.5. The van der Waals surface area contributed by atoms with Gasteiger partial charge in [-0.15, -0.1) is 0 Å². The van der Waals surface area contributed by atoms with E-state index in [2.05, 4.69) is 10.5 Å². The summed E-state index contributed by atoms with van der Waals surface area (Å²) in [5, 5.41) is 6.57. The molecule has 1 aromatic carbocycles. The molecular weight excluding hydrogens is 294 g/mol. The molecule has 120 valence electrons. The Hall–Kier alpha value is -2.63. The van der Waals surface area contributed by atoms with Crippen LogP contribution in [0.15, 0.2) is 40.9 Å². The Morgan fingerprint density at radius 1 is 1.26 bits per heavy atom. The molecule has 1 heterocycles. The summed E-state index contributed by atoms with van der Waals surface area (Å²) >= 11 is 0. The van der Waals surface area contributed by atoms with E-state index < -0.39 is 11.9 Å². The van der Waals surface area contributed by atoms with Crippen LogP contribution in [0.5, 0.6) is 0 Å². The van der Waals surface area contributed by atoms with Crippen LogP contribution in [0.2, 0.25) is 0 Å². The largest absolute Gasteiger partial charge is 0.360 e. The van der Waals surface area contributed by atoms with Crippen molar-refractivity contribution in [2.24, 2.45) is 0 Å². The number of nitrogens with zero attached hydrogens (tertiary/aromatic N) is 2. The number of benzene rings is 1. The van der Waals surface area contributed by atoms with Gasteiger partial charge in [0.1, 0.15) is 11.8 Å². The Balaban J connectivity index is 1.79. The van der Waals surface area contributed by atoms with Gasteiger partial charge in [0.05, 0.1) is 0 Å². The molecule has 1 aliphatic carbocycles. The van der Waals surface area contributed by atoms with Gasteiger partial charge in [-0.3, -0.25) is 9.59 Å². The van der Waals surface area contributed by atoms with Gasteiger partial charge in [-0.05, 0) is 18.4 Å². The molecule has 3 rings (SSSR count). The Labute approximate surface area is 134 Å². The van der Waals surface area contributed by atoms with Crippen LogP contribution in [0.25, 0.3) is 0 Å². The molecule has 0 spiro atoms. The van der Waals surface area contributed by atoms with Gasteiger partial charge in [-0.25, -0.2) is 0 Å². The highest BCUT2D eigenvalue weighted by Crippen LogP contribution is 2.40. The smallest absolute Gasteiger partial charge is 0.274 e. The number of nitrogens with one attached hydrogen (secondary N) is 1. The van der Waals surface area contributed by atoms with Crippen molar-refractivity contribution < 1.29 is 14.1 Å². The zero-order chi connectivity index (χ0) is 16.4. The number of likely N-dealkylation sites (N-methyl/N-ethyl adjacent to an activating group) is 1. The predicted molar refractivity (Wildman–Crippen MR) is 83.8 cm³/mol. The first-order chi connectivity index (χ1) is 11.1. The third kappa shape index (κ3) is 3.41. The maximum Gasteiger partial charge on any atom is 0.274 e. The summed E-state index contributed by atoms with van der Waals surface area (Å²) in [4.78, 5) is 26.3. The summed E-state index contributed by atoms with van der Waals surface area (Å²) in [5.41, 5.74) is 0.935. The van der Waals surface area contributed by atoms with Crippen molar-refractivity contribution in [3.8, 4) is 0 Å². The molecule has 0 bridgehead atoms. The number of hydrogen-bond acceptors (Lipinski definition) is 4. The molecule has 6 nitrogen and oxygen atoms in total. The number of rotatable bonds is 5. The van der Waals surface area contributed by atoms with Crippen LogP contribution in [0.1, 0.15) is 46.6 Å². The van der Waals surface area contributed by atoms with Gasteiger partial charge in [0, 0.05) is 26.1 Å². The third-order valence-electron chi connectivity index (χ3n) is 3.84. The summed E-state index contributed by atoms with van der Waals surface area (Å²) in [7, 11) is 3.32. The van der Waals surface area contributed by atoms with Gasteiger partial charge in [0.2, 0.25) is 5.91 Å². The minimum absolute atomic E-state index is 0.199. The van der Waals surface area contributed by atoms with Crippen LogP contribution in [-0.4, -0.2) is 36.0 Å². The fraction of sp³-hybridized carbons (Fsp3) is 0.353. The number of hydrogen-bond donors (Lipinski definition) is 1. The highest BCUT2D eigenvalue weighted by Gasteiger charge is 2.30. The lowest BCUT2D eigenvalue weighted by Crippen LogP contribution is -2.40. The Morgan fingerprint density at radius 3 is 2.57 bits per heavy atom. The molecule has 0 saturated heterocycles. The molecule has 1 aromatic heterocycles. The molecule has 0 radical (unpaired) electrons. The summed E-state index contributed by atoms with van der Waals surface area (Å²) in [6.45, 7) is 0. The molecule has 6 heteroatoms. The highest BCUT2D eigenvalue weighted by molar-refractivity contribution is 5.96. The Bertz CT molecular complexity index is 705. The fourth-order valence-corrected chi connectivity index (χ4v) is 2.35. The SMILES string of the molecule is CN(C)C(=O)C(NC(=O)c1cc(C2CC2)on1)c1ccccc1. The maximum atomic E-state index is 12.4. The first-order valence-electron chi connectivity index (χ1n) is 7.60. The van der Waals surface area contributed by atoms with Crippen molar-refractivity contribution in [2.75, 3.05) is 14.1 Å². The molecule has 1 aliphatic rings. The van der Waals surface area contributed by atoms with Crippen molar-refractivity contribution in [2.45, 2.75) is 24.8 Å². The average molecular weight is 313 g/mol. The van der Waals surface area contributed by atoms with Gasteiger partial charge in [0.25, 0.3) is 5.91 Å². The topological polar surface area (TPSA) is 75.4 Å². The second kappa shape index (κ2) is 6.24. The lowest BCUT2D eigenvalue weighted by atomic mass is 10.1. The van der Waals surface area contributed by atoms with Crippen LogP contribution in [-0.2, 0) is 4.79 Å². The van der Waals surface area contributed by atoms with E-state index in [0.29, 0.717) is 5.92 Å². The van der Waals surface area contributed by atoms with E-state index in [0.717, 1.165) is 24.2 Å². The first kappa shape index (κ1) is 15.3. The van der Waals surface area contributed by atoms with Crippen molar-refractivity contribution in [3.05, 3.63) is 53.4 Å². The molecule has 1 fully saturated rings. The van der Waals surface area contributed by atoms with E-state index in [1.54, 1.807) is 20.2 Å². The van der Waals surface area contributed by atoms with Crippen molar-refractivity contribution in [1.82, 2.24) is 15.4 Å². The van der Waals surface area contributed by atoms with Gasteiger partial charge < -0.3 is 14.7 Å². The molecule has 1 unspecified atom stereocenters. The van der Waals surface area contributed by atoms with E-state index in [9.17, 15) is 9.59 Å². The lowest BCUT2D eigenvalue weighted by Gasteiger charge is -2.21. The van der Waals surface area contributed by atoms with Gasteiger partial charge >= 0.3 is 0 Å². The monoisotopic (exact) mass is 313 g/mol. The van der Waals surface area contributed by atoms with E-state index in [1.807, 2.05) is 30.3 Å². The van der Waals surface area contributed by atoms with Crippen molar-refractivity contribution in [1.29, 1.82) is 0 Å². The predicted octanol–water partition coefficient (Wildman–Crippen LogP) is 2.11. The molecule has 1 atom stereocenters. The zero-order valence-electron chi connectivity index (χ0n) is 13.2. The van der Waals surface area contributed by atoms with Crippen LogP contribution >= 0.6 is 0 Å². The number of carbonyl (C=O) groups is 2. The second-order valence-electron chi connectivity index (χ2n) is 5.94. The second-order valence-corrected chi connectivity index (χ2v) is 5.94. The summed E-state index contributed by atoms with van der Waals surface area (Å²) in [6.07, 6.45) is 2.14. The average Bonchev–Trinajstić information content (AvgIpc) is 3.29. The minimum atomic E-state index is -0.750. The number of amides is 2. The van der Waals surface area contributed by atoms with E-state index in [-0.39, 0.29) is 11.6 Å². The van der Waals surface area contributed by atoms with Crippen LogP contribution in [0.4, 0.5) is 0 Å². The quantitative estimate of drug-likeness (QED) is 0.917. The van der Waals surface area contributed by atoms with E-state index in [1.165, 1.54) is 4.90 Å². The Kier molecular flexibility index (Phi) is 4.14.